The van der Waals surface area contributed by atoms with E-state index in [0.29, 0.717) is 12.8 Å². The van der Waals surface area contributed by atoms with Crippen LogP contribution in [0.25, 0.3) is 0 Å². The van der Waals surface area contributed by atoms with Gasteiger partial charge in [0.2, 0.25) is 5.91 Å². The summed E-state index contributed by atoms with van der Waals surface area (Å²) in [6, 6.07) is 9.38. The molecule has 1 amide bonds. The second kappa shape index (κ2) is 15.6. The highest BCUT2D eigenvalue weighted by molar-refractivity contribution is 5.79. The zero-order valence-electron chi connectivity index (χ0n) is 16.6. The van der Waals surface area contributed by atoms with Crippen LogP contribution in [0.15, 0.2) is 30.3 Å². The third-order valence-corrected chi connectivity index (χ3v) is 4.82. The maximum Gasteiger partial charge on any atom is 0.220 e. The van der Waals surface area contributed by atoms with Crippen LogP contribution in [0.4, 0.5) is 0 Å². The van der Waals surface area contributed by atoms with Crippen molar-refractivity contribution in [1.82, 2.24) is 5.32 Å². The number of hydrogen-bond donors (Lipinski definition) is 1. The Hall–Kier alpha value is -1.64. The maximum atomic E-state index is 12.0. The SMILES string of the molecule is CCCCCCCCCCCCCC(=O)N[C@H](C=O)Cc1ccccc1. The first-order valence-electron chi connectivity index (χ1n) is 10.5. The van der Waals surface area contributed by atoms with Crippen molar-refractivity contribution in [3.05, 3.63) is 35.9 Å². The van der Waals surface area contributed by atoms with Gasteiger partial charge in [-0.2, -0.15) is 0 Å². The van der Waals surface area contributed by atoms with Crippen molar-refractivity contribution < 1.29 is 9.59 Å². The minimum atomic E-state index is -0.419. The van der Waals surface area contributed by atoms with E-state index in [1.807, 2.05) is 30.3 Å². The molecule has 0 aromatic heterocycles. The Morgan fingerprint density at radius 3 is 1.96 bits per heavy atom. The standard InChI is InChI=1S/C23H37NO2/c1-2-3-4-5-6-7-8-9-10-11-15-18-23(26)24-22(20-25)19-21-16-13-12-14-17-21/h12-14,16-17,20,22H,2-11,15,18-19H2,1H3,(H,24,26)/t22-/m0/s1. The lowest BCUT2D eigenvalue weighted by atomic mass is 10.0. The molecule has 0 spiro atoms. The van der Waals surface area contributed by atoms with Crippen molar-refractivity contribution in [1.29, 1.82) is 0 Å². The second-order valence-corrected chi connectivity index (χ2v) is 7.29. The van der Waals surface area contributed by atoms with E-state index in [1.54, 1.807) is 0 Å². The minimum Gasteiger partial charge on any atom is -0.346 e. The zero-order chi connectivity index (χ0) is 18.9. The molecule has 0 radical (unpaired) electrons. The van der Waals surface area contributed by atoms with Crippen LogP contribution in [0, 0.1) is 0 Å². The average Bonchev–Trinajstić information content (AvgIpc) is 2.66. The number of hydrogen-bond acceptors (Lipinski definition) is 2. The van der Waals surface area contributed by atoms with Crippen LogP contribution in [0.3, 0.4) is 0 Å². The fourth-order valence-corrected chi connectivity index (χ4v) is 3.23. The van der Waals surface area contributed by atoms with Gasteiger partial charge in [0.25, 0.3) is 0 Å². The van der Waals surface area contributed by atoms with E-state index in [9.17, 15) is 9.59 Å². The van der Waals surface area contributed by atoms with Gasteiger partial charge in [0, 0.05) is 6.42 Å². The molecule has 0 aliphatic rings. The summed E-state index contributed by atoms with van der Waals surface area (Å²) in [5, 5.41) is 2.84. The number of carbonyl (C=O) groups excluding carboxylic acids is 2. The van der Waals surface area contributed by atoms with E-state index in [1.165, 1.54) is 57.8 Å². The van der Waals surface area contributed by atoms with Crippen molar-refractivity contribution in [2.45, 2.75) is 96.4 Å². The highest BCUT2D eigenvalue weighted by Crippen LogP contribution is 2.12. The van der Waals surface area contributed by atoms with Crippen LogP contribution < -0.4 is 5.32 Å². The van der Waals surface area contributed by atoms with Gasteiger partial charge in [-0.15, -0.1) is 0 Å². The Kier molecular flexibility index (Phi) is 13.4. The summed E-state index contributed by atoms with van der Waals surface area (Å²) >= 11 is 0. The number of unbranched alkanes of at least 4 members (excludes halogenated alkanes) is 10. The molecule has 1 rings (SSSR count). The van der Waals surface area contributed by atoms with E-state index in [4.69, 9.17) is 0 Å². The zero-order valence-corrected chi connectivity index (χ0v) is 16.6. The molecular formula is C23H37NO2. The summed E-state index contributed by atoms with van der Waals surface area (Å²) in [6.45, 7) is 2.25. The van der Waals surface area contributed by atoms with Gasteiger partial charge >= 0.3 is 0 Å². The molecule has 0 unspecified atom stereocenters. The van der Waals surface area contributed by atoms with Crippen LogP contribution in [0.2, 0.25) is 0 Å². The third-order valence-electron chi connectivity index (χ3n) is 4.82. The van der Waals surface area contributed by atoms with E-state index in [0.717, 1.165) is 24.7 Å². The molecule has 0 aliphatic carbocycles. The third kappa shape index (κ3) is 11.8. The first-order valence-corrected chi connectivity index (χ1v) is 10.5. The predicted molar refractivity (Wildman–Crippen MR) is 109 cm³/mol. The lowest BCUT2D eigenvalue weighted by molar-refractivity contribution is -0.124. The summed E-state index contributed by atoms with van der Waals surface area (Å²) in [4.78, 5) is 23.2. The largest absolute Gasteiger partial charge is 0.346 e. The number of benzene rings is 1. The number of rotatable bonds is 16. The van der Waals surface area contributed by atoms with Crippen molar-refractivity contribution >= 4 is 12.2 Å². The van der Waals surface area contributed by atoms with Gasteiger partial charge in [0.05, 0.1) is 6.04 Å². The lowest BCUT2D eigenvalue weighted by Crippen LogP contribution is -2.37. The molecule has 0 heterocycles. The van der Waals surface area contributed by atoms with Crippen molar-refractivity contribution in [2.75, 3.05) is 0 Å². The number of carbonyl (C=O) groups is 2. The molecule has 0 saturated heterocycles. The molecule has 1 aromatic carbocycles. The van der Waals surface area contributed by atoms with E-state index >= 15 is 0 Å². The smallest absolute Gasteiger partial charge is 0.220 e. The Morgan fingerprint density at radius 1 is 0.885 bits per heavy atom. The Labute approximate surface area is 160 Å². The minimum absolute atomic E-state index is 0.00560. The monoisotopic (exact) mass is 359 g/mol. The molecule has 3 nitrogen and oxygen atoms in total. The molecule has 0 saturated carbocycles. The maximum absolute atomic E-state index is 12.0. The topological polar surface area (TPSA) is 46.2 Å². The molecule has 0 bridgehead atoms. The van der Waals surface area contributed by atoms with Gasteiger partial charge in [-0.1, -0.05) is 101 Å². The summed E-state index contributed by atoms with van der Waals surface area (Å²) in [5.74, 6) is -0.00560. The first kappa shape index (κ1) is 22.4. The average molecular weight is 360 g/mol. The highest BCUT2D eigenvalue weighted by atomic mass is 16.2. The van der Waals surface area contributed by atoms with Crippen LogP contribution >= 0.6 is 0 Å². The quantitative estimate of drug-likeness (QED) is 0.308. The Morgan fingerprint density at radius 2 is 1.42 bits per heavy atom. The van der Waals surface area contributed by atoms with Crippen LogP contribution in [-0.4, -0.2) is 18.2 Å². The second-order valence-electron chi connectivity index (χ2n) is 7.29. The molecule has 1 N–H and O–H groups in total. The summed E-state index contributed by atoms with van der Waals surface area (Å²) < 4.78 is 0. The van der Waals surface area contributed by atoms with Crippen LogP contribution in [0.5, 0.6) is 0 Å². The van der Waals surface area contributed by atoms with Gasteiger partial charge in [0.15, 0.2) is 0 Å². The molecule has 0 aliphatic heterocycles. The first-order chi connectivity index (χ1) is 12.8. The van der Waals surface area contributed by atoms with E-state index < -0.39 is 6.04 Å². The summed E-state index contributed by atoms with van der Waals surface area (Å²) in [7, 11) is 0. The van der Waals surface area contributed by atoms with Gasteiger partial charge in [-0.25, -0.2) is 0 Å². The molecule has 146 valence electrons. The van der Waals surface area contributed by atoms with Crippen LogP contribution in [-0.2, 0) is 16.0 Å². The van der Waals surface area contributed by atoms with Crippen molar-refractivity contribution in [3.63, 3.8) is 0 Å². The number of amides is 1. The fraction of sp³-hybridized carbons (Fsp3) is 0.652. The Bertz CT molecular complexity index is 472. The van der Waals surface area contributed by atoms with E-state index in [-0.39, 0.29) is 5.91 Å². The molecule has 1 atom stereocenters. The van der Waals surface area contributed by atoms with Gasteiger partial charge in [-0.3, -0.25) is 4.79 Å². The predicted octanol–water partition coefficient (Wildman–Crippen LogP) is 5.61. The van der Waals surface area contributed by atoms with Crippen LogP contribution in [0.1, 0.15) is 89.5 Å². The fourth-order valence-electron chi connectivity index (χ4n) is 3.23. The molecule has 0 fully saturated rings. The van der Waals surface area contributed by atoms with Crippen molar-refractivity contribution in [2.24, 2.45) is 0 Å². The lowest BCUT2D eigenvalue weighted by Gasteiger charge is -2.13. The number of aldehydes is 1. The van der Waals surface area contributed by atoms with Gasteiger partial charge in [0.1, 0.15) is 6.29 Å². The molecule has 3 heteroatoms. The normalized spacial score (nSPS) is 11.9. The molecule has 26 heavy (non-hydrogen) atoms. The molecule has 1 aromatic rings. The highest BCUT2D eigenvalue weighted by Gasteiger charge is 2.11. The Balaban J connectivity index is 1.99. The summed E-state index contributed by atoms with van der Waals surface area (Å²) in [5.41, 5.74) is 1.07. The molecular weight excluding hydrogens is 322 g/mol. The van der Waals surface area contributed by atoms with E-state index in [2.05, 4.69) is 12.2 Å². The van der Waals surface area contributed by atoms with Crippen molar-refractivity contribution in [3.8, 4) is 0 Å². The summed E-state index contributed by atoms with van der Waals surface area (Å²) in [6.07, 6.45) is 15.9. The van der Waals surface area contributed by atoms with Gasteiger partial charge in [-0.05, 0) is 18.4 Å². The van der Waals surface area contributed by atoms with Gasteiger partial charge < -0.3 is 10.1 Å². The number of nitrogens with one attached hydrogen (secondary N) is 1.